The van der Waals surface area contributed by atoms with Crippen LogP contribution in [-0.4, -0.2) is 42.8 Å². The van der Waals surface area contributed by atoms with Gasteiger partial charge in [-0.1, -0.05) is 36.8 Å². The third-order valence-electron chi connectivity index (χ3n) is 7.28. The summed E-state index contributed by atoms with van der Waals surface area (Å²) < 4.78 is 19.0. The van der Waals surface area contributed by atoms with Crippen LogP contribution in [0.15, 0.2) is 60.7 Å². The summed E-state index contributed by atoms with van der Waals surface area (Å²) in [5, 5.41) is 3.04. The average molecular weight is 544 g/mol. The summed E-state index contributed by atoms with van der Waals surface area (Å²) in [6.07, 6.45) is 5.11. The van der Waals surface area contributed by atoms with E-state index in [0.717, 1.165) is 61.3 Å². The quantitative estimate of drug-likeness (QED) is 0.180. The van der Waals surface area contributed by atoms with Gasteiger partial charge in [0.05, 0.1) is 38.3 Å². The first-order chi connectivity index (χ1) is 19.5. The molecule has 0 spiro atoms. The van der Waals surface area contributed by atoms with Crippen molar-refractivity contribution in [3.8, 4) is 17.2 Å². The van der Waals surface area contributed by atoms with Crippen LogP contribution in [0.1, 0.15) is 48.2 Å². The highest BCUT2D eigenvalue weighted by Gasteiger charge is 2.11. The highest BCUT2D eigenvalue weighted by molar-refractivity contribution is 5.78. The molecule has 1 heterocycles. The predicted octanol–water partition coefficient (Wildman–Crippen LogP) is 6.21. The number of carbonyl (C=O) groups is 1. The largest absolute Gasteiger partial charge is 0.493 e. The minimum absolute atomic E-state index is 0.0112. The van der Waals surface area contributed by atoms with E-state index >= 15 is 0 Å². The molecule has 7 heteroatoms. The van der Waals surface area contributed by atoms with E-state index < -0.39 is 0 Å². The Morgan fingerprint density at radius 3 is 2.52 bits per heavy atom. The number of imidazole rings is 1. The van der Waals surface area contributed by atoms with E-state index in [9.17, 15) is 4.79 Å². The van der Waals surface area contributed by atoms with Crippen LogP contribution in [0.25, 0.3) is 11.0 Å². The Kier molecular flexibility index (Phi) is 10.4. The van der Waals surface area contributed by atoms with Gasteiger partial charge in [-0.3, -0.25) is 4.79 Å². The van der Waals surface area contributed by atoms with Crippen molar-refractivity contribution in [3.63, 3.8) is 0 Å². The van der Waals surface area contributed by atoms with E-state index in [4.69, 9.17) is 19.2 Å². The van der Waals surface area contributed by atoms with Gasteiger partial charge in [-0.2, -0.15) is 0 Å². The molecule has 3 aromatic carbocycles. The van der Waals surface area contributed by atoms with E-state index in [1.165, 1.54) is 16.6 Å². The second-order valence-electron chi connectivity index (χ2n) is 10.1. The molecule has 0 radical (unpaired) electrons. The lowest BCUT2D eigenvalue weighted by Crippen LogP contribution is -2.26. The molecule has 0 saturated carbocycles. The molecule has 4 rings (SSSR count). The number of aromatic nitrogens is 2. The van der Waals surface area contributed by atoms with Crippen LogP contribution in [0.5, 0.6) is 17.2 Å². The fraction of sp³-hybridized carbons (Fsp3) is 0.394. The van der Waals surface area contributed by atoms with Gasteiger partial charge in [-0.25, -0.2) is 4.98 Å². The number of hydrogen-bond donors (Lipinski definition) is 1. The second-order valence-corrected chi connectivity index (χ2v) is 10.1. The summed E-state index contributed by atoms with van der Waals surface area (Å²) in [5.41, 5.74) is 5.56. The highest BCUT2D eigenvalue weighted by Crippen LogP contribution is 2.27. The summed E-state index contributed by atoms with van der Waals surface area (Å²) in [7, 11) is 3.20. The zero-order valence-electron chi connectivity index (χ0n) is 24.2. The minimum atomic E-state index is 0.0112. The van der Waals surface area contributed by atoms with Crippen LogP contribution in [0.3, 0.4) is 0 Å². The van der Waals surface area contributed by atoms with Crippen molar-refractivity contribution in [1.29, 1.82) is 0 Å². The lowest BCUT2D eigenvalue weighted by atomic mass is 10.1. The lowest BCUT2D eigenvalue weighted by molar-refractivity contribution is -0.120. The SMILES string of the molecule is COc1ccc(CC(=O)NCCCCCc2nc3ccccc3n2CCCOc2cccc(C)c2C)cc1OC. The Bertz CT molecular complexity index is 1410. The standard InChI is InChI=1S/C33H41N3O4/c1-24-12-10-15-29(25(24)2)40-21-11-20-36-28-14-8-7-13-27(28)35-32(36)16-6-5-9-19-34-33(37)23-26-17-18-30(38-3)31(22-26)39-4/h7-8,10,12-15,17-18,22H,5-6,9,11,16,19-21,23H2,1-4H3,(H,34,37). The van der Waals surface area contributed by atoms with Gasteiger partial charge in [-0.15, -0.1) is 0 Å². The number of fused-ring (bicyclic) bond motifs is 1. The lowest BCUT2D eigenvalue weighted by Gasteiger charge is -2.13. The molecule has 0 aliphatic carbocycles. The van der Waals surface area contributed by atoms with E-state index in [-0.39, 0.29) is 5.91 Å². The van der Waals surface area contributed by atoms with Crippen molar-refractivity contribution in [2.24, 2.45) is 0 Å². The van der Waals surface area contributed by atoms with Gasteiger partial charge in [0.2, 0.25) is 5.91 Å². The third kappa shape index (κ3) is 7.56. The normalized spacial score (nSPS) is 11.0. The van der Waals surface area contributed by atoms with Gasteiger partial charge in [0, 0.05) is 19.5 Å². The van der Waals surface area contributed by atoms with Crippen molar-refractivity contribution < 1.29 is 19.0 Å². The maximum atomic E-state index is 12.4. The minimum Gasteiger partial charge on any atom is -0.493 e. The Morgan fingerprint density at radius 2 is 1.70 bits per heavy atom. The number of nitrogens with one attached hydrogen (secondary N) is 1. The predicted molar refractivity (Wildman–Crippen MR) is 160 cm³/mol. The number of unbranched alkanes of at least 4 members (excludes halogenated alkanes) is 2. The average Bonchev–Trinajstić information content (AvgIpc) is 3.32. The first-order valence-electron chi connectivity index (χ1n) is 14.1. The second kappa shape index (κ2) is 14.4. The summed E-state index contributed by atoms with van der Waals surface area (Å²) in [6, 6.07) is 20.1. The summed E-state index contributed by atoms with van der Waals surface area (Å²) >= 11 is 0. The zero-order valence-corrected chi connectivity index (χ0v) is 24.2. The Balaban J connectivity index is 1.22. The summed E-state index contributed by atoms with van der Waals surface area (Å²) in [5.74, 6) is 3.38. The molecule has 0 aliphatic rings. The van der Waals surface area contributed by atoms with Crippen LogP contribution in [-0.2, 0) is 24.2 Å². The van der Waals surface area contributed by atoms with Gasteiger partial charge in [-0.05, 0) is 80.1 Å². The number of rotatable bonds is 15. The molecule has 0 unspecified atom stereocenters. The number of benzene rings is 3. The van der Waals surface area contributed by atoms with Crippen molar-refractivity contribution in [2.45, 2.75) is 58.9 Å². The smallest absolute Gasteiger partial charge is 0.224 e. The van der Waals surface area contributed by atoms with Gasteiger partial charge in [0.15, 0.2) is 11.5 Å². The molecular weight excluding hydrogens is 502 g/mol. The molecule has 0 aliphatic heterocycles. The number of nitrogens with zero attached hydrogens (tertiary/aromatic N) is 2. The fourth-order valence-electron chi connectivity index (χ4n) is 4.90. The highest BCUT2D eigenvalue weighted by atomic mass is 16.5. The molecule has 1 amide bonds. The third-order valence-corrected chi connectivity index (χ3v) is 7.28. The van der Waals surface area contributed by atoms with Crippen molar-refractivity contribution in [3.05, 3.63) is 83.2 Å². The van der Waals surface area contributed by atoms with Gasteiger partial charge >= 0.3 is 0 Å². The number of carbonyl (C=O) groups excluding carboxylic acids is 1. The zero-order chi connectivity index (χ0) is 28.3. The van der Waals surface area contributed by atoms with Gasteiger partial charge < -0.3 is 24.1 Å². The van der Waals surface area contributed by atoms with Gasteiger partial charge in [0.25, 0.3) is 0 Å². The Hall–Kier alpha value is -4.00. The topological polar surface area (TPSA) is 74.6 Å². The number of para-hydroxylation sites is 2. The van der Waals surface area contributed by atoms with E-state index in [1.54, 1.807) is 14.2 Å². The van der Waals surface area contributed by atoms with Crippen LogP contribution in [0.2, 0.25) is 0 Å². The molecule has 4 aromatic rings. The maximum absolute atomic E-state index is 12.4. The van der Waals surface area contributed by atoms with E-state index in [2.05, 4.69) is 48.0 Å². The summed E-state index contributed by atoms with van der Waals surface area (Å²) in [4.78, 5) is 17.3. The van der Waals surface area contributed by atoms with Crippen molar-refractivity contribution in [1.82, 2.24) is 14.9 Å². The number of amides is 1. The molecule has 1 N–H and O–H groups in total. The molecule has 212 valence electrons. The number of methoxy groups -OCH3 is 2. The fourth-order valence-corrected chi connectivity index (χ4v) is 4.90. The molecule has 0 saturated heterocycles. The molecule has 40 heavy (non-hydrogen) atoms. The van der Waals surface area contributed by atoms with Gasteiger partial charge in [0.1, 0.15) is 11.6 Å². The van der Waals surface area contributed by atoms with Crippen LogP contribution in [0.4, 0.5) is 0 Å². The number of aryl methyl sites for hydroxylation is 3. The monoisotopic (exact) mass is 543 g/mol. The Morgan fingerprint density at radius 1 is 0.875 bits per heavy atom. The molecule has 1 aromatic heterocycles. The number of ether oxygens (including phenoxy) is 3. The molecular formula is C33H41N3O4. The van der Waals surface area contributed by atoms with Crippen LogP contribution >= 0.6 is 0 Å². The Labute approximate surface area is 237 Å². The molecule has 7 nitrogen and oxygen atoms in total. The number of hydrogen-bond acceptors (Lipinski definition) is 5. The first kappa shape index (κ1) is 29.0. The van der Waals surface area contributed by atoms with Crippen molar-refractivity contribution in [2.75, 3.05) is 27.4 Å². The molecule has 0 bridgehead atoms. The van der Waals surface area contributed by atoms with E-state index in [1.807, 2.05) is 36.4 Å². The maximum Gasteiger partial charge on any atom is 0.224 e. The van der Waals surface area contributed by atoms with Crippen LogP contribution in [0, 0.1) is 13.8 Å². The van der Waals surface area contributed by atoms with E-state index in [0.29, 0.717) is 31.1 Å². The summed E-state index contributed by atoms with van der Waals surface area (Å²) in [6.45, 7) is 6.42. The molecule has 0 atom stereocenters. The first-order valence-corrected chi connectivity index (χ1v) is 14.1. The molecule has 0 fully saturated rings. The van der Waals surface area contributed by atoms with Crippen LogP contribution < -0.4 is 19.5 Å². The van der Waals surface area contributed by atoms with Crippen molar-refractivity contribution >= 4 is 16.9 Å².